The maximum atomic E-state index is 13.7. The van der Waals surface area contributed by atoms with Crippen molar-refractivity contribution in [2.45, 2.75) is 24.5 Å². The van der Waals surface area contributed by atoms with Gasteiger partial charge in [-0.2, -0.15) is 0 Å². The van der Waals surface area contributed by atoms with Gasteiger partial charge < -0.3 is 9.15 Å². The monoisotopic (exact) mass is 386 g/mol. The van der Waals surface area contributed by atoms with E-state index >= 15 is 0 Å². The van der Waals surface area contributed by atoms with Crippen molar-refractivity contribution in [3.63, 3.8) is 0 Å². The van der Waals surface area contributed by atoms with Gasteiger partial charge in [-0.3, -0.25) is 4.79 Å². The normalized spacial score (nSPS) is 12.0. The van der Waals surface area contributed by atoms with Crippen LogP contribution in [0.5, 0.6) is 5.75 Å². The number of carbonyl (C=O) groups is 1. The van der Waals surface area contributed by atoms with Crippen LogP contribution >= 0.6 is 11.8 Å². The number of ether oxygens (including phenoxy) is 1. The van der Waals surface area contributed by atoms with E-state index in [-0.39, 0.29) is 28.8 Å². The zero-order chi connectivity index (χ0) is 19.2. The molecule has 2 aromatic carbocycles. The molecule has 0 aliphatic rings. The second-order valence-electron chi connectivity index (χ2n) is 6.04. The van der Waals surface area contributed by atoms with Gasteiger partial charge in [0.15, 0.2) is 17.3 Å². The van der Waals surface area contributed by atoms with Crippen LogP contribution in [0.2, 0.25) is 0 Å². The molecule has 0 N–H and O–H groups in total. The Balaban J connectivity index is 1.56. The number of carbonyl (C=O) groups excluding carboxylic acids is 1. The predicted molar refractivity (Wildman–Crippen MR) is 101 cm³/mol. The summed E-state index contributed by atoms with van der Waals surface area (Å²) < 4.78 is 24.2. The second kappa shape index (κ2) is 8.81. The summed E-state index contributed by atoms with van der Waals surface area (Å²) in [5.41, 5.74) is 1.47. The Bertz CT molecular complexity index is 915. The largest absolute Gasteiger partial charge is 0.494 e. The average Bonchev–Trinajstić information content (AvgIpc) is 3.14. The third-order valence-electron chi connectivity index (χ3n) is 4.10. The van der Waals surface area contributed by atoms with Gasteiger partial charge in [-0.25, -0.2) is 4.39 Å². The Morgan fingerprint density at radius 1 is 1.22 bits per heavy atom. The van der Waals surface area contributed by atoms with E-state index in [1.54, 1.807) is 0 Å². The molecule has 0 saturated heterocycles. The molecule has 0 fully saturated rings. The van der Waals surface area contributed by atoms with E-state index in [1.165, 1.54) is 30.9 Å². The predicted octanol–water partition coefficient (Wildman–Crippen LogP) is 4.54. The highest BCUT2D eigenvalue weighted by Crippen LogP contribution is 2.24. The number of Topliss-reactive ketones (excluding diaryl/α,β-unsaturated/α-hetero) is 1. The molecule has 27 heavy (non-hydrogen) atoms. The van der Waals surface area contributed by atoms with Crippen molar-refractivity contribution in [3.05, 3.63) is 71.4 Å². The minimum absolute atomic E-state index is 0.0850. The van der Waals surface area contributed by atoms with Crippen molar-refractivity contribution < 1.29 is 18.3 Å². The van der Waals surface area contributed by atoms with Gasteiger partial charge in [-0.05, 0) is 29.7 Å². The molecule has 0 amide bonds. The third-order valence-corrected chi connectivity index (χ3v) is 4.92. The molecule has 1 atom stereocenters. The van der Waals surface area contributed by atoms with E-state index in [1.807, 2.05) is 18.2 Å². The fourth-order valence-corrected chi connectivity index (χ4v) is 3.27. The Labute approximate surface area is 161 Å². The van der Waals surface area contributed by atoms with Crippen molar-refractivity contribution in [3.8, 4) is 5.75 Å². The first-order valence-electron chi connectivity index (χ1n) is 8.43. The van der Waals surface area contributed by atoms with Gasteiger partial charge in [-0.1, -0.05) is 49.0 Å². The average molecular weight is 386 g/mol. The highest BCUT2D eigenvalue weighted by molar-refractivity contribution is 7.99. The topological polar surface area (TPSA) is 65.2 Å². The number of hydrogen-bond acceptors (Lipinski definition) is 6. The van der Waals surface area contributed by atoms with Gasteiger partial charge in [0.25, 0.3) is 5.22 Å². The summed E-state index contributed by atoms with van der Waals surface area (Å²) in [4.78, 5) is 12.2. The van der Waals surface area contributed by atoms with Crippen molar-refractivity contribution in [2.75, 3.05) is 12.9 Å². The third kappa shape index (κ3) is 4.95. The molecule has 1 unspecified atom stereocenters. The Kier molecular flexibility index (Phi) is 6.24. The van der Waals surface area contributed by atoms with Gasteiger partial charge >= 0.3 is 0 Å². The van der Waals surface area contributed by atoms with Crippen LogP contribution in [0.25, 0.3) is 0 Å². The minimum Gasteiger partial charge on any atom is -0.494 e. The summed E-state index contributed by atoms with van der Waals surface area (Å²) in [6.07, 6.45) is 0.620. The summed E-state index contributed by atoms with van der Waals surface area (Å²) in [6, 6.07) is 14.2. The van der Waals surface area contributed by atoms with Gasteiger partial charge in [0.05, 0.1) is 12.9 Å². The number of thioether (sulfide) groups is 1. The molecule has 7 heteroatoms. The van der Waals surface area contributed by atoms with Gasteiger partial charge in [0, 0.05) is 12.0 Å². The van der Waals surface area contributed by atoms with E-state index in [4.69, 9.17) is 9.15 Å². The lowest BCUT2D eigenvalue weighted by atomic mass is 9.98. The van der Waals surface area contributed by atoms with Gasteiger partial charge in [-0.15, -0.1) is 10.2 Å². The van der Waals surface area contributed by atoms with Crippen molar-refractivity contribution in [2.24, 2.45) is 0 Å². The highest BCUT2D eigenvalue weighted by atomic mass is 32.2. The minimum atomic E-state index is -0.566. The summed E-state index contributed by atoms with van der Waals surface area (Å²) in [6.45, 7) is 2.09. The quantitative estimate of drug-likeness (QED) is 0.418. The lowest BCUT2D eigenvalue weighted by molar-refractivity contribution is 0.102. The number of aromatic nitrogens is 2. The van der Waals surface area contributed by atoms with E-state index in [0.29, 0.717) is 17.5 Å². The molecule has 0 saturated carbocycles. The number of methoxy groups -OCH3 is 1. The van der Waals surface area contributed by atoms with Crippen LogP contribution < -0.4 is 4.74 Å². The molecule has 0 aliphatic heterocycles. The zero-order valence-electron chi connectivity index (χ0n) is 15.0. The van der Waals surface area contributed by atoms with Crippen molar-refractivity contribution in [1.82, 2.24) is 10.2 Å². The lowest BCUT2D eigenvalue weighted by Gasteiger charge is -2.08. The second-order valence-corrected chi connectivity index (χ2v) is 6.97. The van der Waals surface area contributed by atoms with Gasteiger partial charge in [0.1, 0.15) is 0 Å². The SMILES string of the molecule is COc1ccc(C(=O)CSc2nnc(CC(C)c3ccccc3)o2)cc1F. The van der Waals surface area contributed by atoms with Crippen LogP contribution in [0.3, 0.4) is 0 Å². The Morgan fingerprint density at radius 2 is 2.00 bits per heavy atom. The molecule has 1 aromatic heterocycles. The number of rotatable bonds is 8. The maximum Gasteiger partial charge on any atom is 0.277 e. The smallest absolute Gasteiger partial charge is 0.277 e. The summed E-state index contributed by atoms with van der Waals surface area (Å²) in [7, 11) is 1.38. The molecule has 3 rings (SSSR count). The Morgan fingerprint density at radius 3 is 2.70 bits per heavy atom. The molecule has 140 valence electrons. The number of benzene rings is 2. The van der Waals surface area contributed by atoms with Crippen LogP contribution in [-0.2, 0) is 6.42 Å². The van der Waals surface area contributed by atoms with Crippen molar-refractivity contribution >= 4 is 17.5 Å². The molecule has 0 bridgehead atoms. The fourth-order valence-electron chi connectivity index (χ4n) is 2.59. The fraction of sp³-hybridized carbons (Fsp3) is 0.250. The van der Waals surface area contributed by atoms with E-state index in [0.717, 1.165) is 11.8 Å². The Hall–Kier alpha value is -2.67. The van der Waals surface area contributed by atoms with Crippen LogP contribution in [0.1, 0.15) is 34.7 Å². The van der Waals surface area contributed by atoms with E-state index < -0.39 is 5.82 Å². The van der Waals surface area contributed by atoms with Gasteiger partial charge in [0.2, 0.25) is 5.89 Å². The maximum absolute atomic E-state index is 13.7. The number of ketones is 1. The van der Waals surface area contributed by atoms with E-state index in [9.17, 15) is 9.18 Å². The molecule has 0 aliphatic carbocycles. The van der Waals surface area contributed by atoms with Crippen LogP contribution in [0.15, 0.2) is 58.2 Å². The van der Waals surface area contributed by atoms with Crippen molar-refractivity contribution in [1.29, 1.82) is 0 Å². The van der Waals surface area contributed by atoms with Crippen LogP contribution in [0, 0.1) is 5.82 Å². The molecule has 1 heterocycles. The van der Waals surface area contributed by atoms with Crippen LogP contribution in [0.4, 0.5) is 4.39 Å². The summed E-state index contributed by atoms with van der Waals surface area (Å²) >= 11 is 1.14. The lowest BCUT2D eigenvalue weighted by Crippen LogP contribution is -2.03. The molecular formula is C20H19FN2O3S. The number of halogens is 1. The first-order chi connectivity index (χ1) is 13.1. The zero-order valence-corrected chi connectivity index (χ0v) is 15.8. The molecule has 0 spiro atoms. The molecule has 0 radical (unpaired) electrons. The highest BCUT2D eigenvalue weighted by Gasteiger charge is 2.15. The first kappa shape index (κ1) is 19.1. The summed E-state index contributed by atoms with van der Waals surface area (Å²) in [5, 5.41) is 8.34. The molecule has 5 nitrogen and oxygen atoms in total. The number of hydrogen-bond donors (Lipinski definition) is 0. The molecular weight excluding hydrogens is 367 g/mol. The standard InChI is InChI=1S/C20H19FN2O3S/c1-13(14-6-4-3-5-7-14)10-19-22-23-20(26-19)27-12-17(24)15-8-9-18(25-2)16(21)11-15/h3-9,11,13H,10,12H2,1-2H3. The summed E-state index contributed by atoms with van der Waals surface area (Å²) in [5.74, 6) is 0.169. The number of nitrogens with zero attached hydrogens (tertiary/aromatic N) is 2. The van der Waals surface area contributed by atoms with Crippen LogP contribution in [-0.4, -0.2) is 28.8 Å². The first-order valence-corrected chi connectivity index (χ1v) is 9.42. The van der Waals surface area contributed by atoms with E-state index in [2.05, 4.69) is 29.3 Å². The molecule has 3 aromatic rings.